The Kier molecular flexibility index (Phi) is 5.03. The average molecular weight is 349 g/mol. The zero-order valence-corrected chi connectivity index (χ0v) is 15.1. The molecule has 24 heavy (non-hydrogen) atoms. The molecule has 0 aliphatic carbocycles. The number of fused-ring (bicyclic) bond motifs is 1. The van der Waals surface area contributed by atoms with Crippen molar-refractivity contribution in [2.24, 2.45) is 0 Å². The number of aliphatic hydroxyl groups is 1. The normalized spacial score (nSPS) is 16.0. The van der Waals surface area contributed by atoms with Crippen molar-refractivity contribution in [2.45, 2.75) is 46.4 Å². The summed E-state index contributed by atoms with van der Waals surface area (Å²) in [5, 5.41) is 18.0. The van der Waals surface area contributed by atoms with E-state index in [-0.39, 0.29) is 12.5 Å². The van der Waals surface area contributed by atoms with Gasteiger partial charge in [0.25, 0.3) is 5.91 Å². The van der Waals surface area contributed by atoms with E-state index in [0.717, 1.165) is 54.2 Å². The van der Waals surface area contributed by atoms with Crippen LogP contribution in [0.25, 0.3) is 0 Å². The summed E-state index contributed by atoms with van der Waals surface area (Å²) in [5.41, 5.74) is 4.01. The first-order valence-electron chi connectivity index (χ1n) is 8.15. The highest BCUT2D eigenvalue weighted by atomic mass is 32.1. The monoisotopic (exact) mass is 349 g/mol. The first-order chi connectivity index (χ1) is 11.5. The van der Waals surface area contributed by atoms with Gasteiger partial charge in [0.1, 0.15) is 5.76 Å². The van der Waals surface area contributed by atoms with Gasteiger partial charge >= 0.3 is 0 Å². The van der Waals surface area contributed by atoms with Gasteiger partial charge in [-0.2, -0.15) is 0 Å². The predicted octanol–water partition coefficient (Wildman–Crippen LogP) is 2.02. The molecule has 1 unspecified atom stereocenters. The number of thiophene rings is 1. The summed E-state index contributed by atoms with van der Waals surface area (Å²) in [5.74, 6) is 0.787. The van der Waals surface area contributed by atoms with Crippen LogP contribution in [0.5, 0.6) is 0 Å². The highest BCUT2D eigenvalue weighted by molar-refractivity contribution is 7.10. The molecule has 3 rings (SSSR count). The molecule has 2 aromatic heterocycles. The highest BCUT2D eigenvalue weighted by Crippen LogP contribution is 2.30. The van der Waals surface area contributed by atoms with Crippen LogP contribution in [0.2, 0.25) is 0 Å². The average Bonchev–Trinajstić information content (AvgIpc) is 3.10. The molecular weight excluding hydrogens is 326 g/mol. The minimum atomic E-state index is -0.533. The van der Waals surface area contributed by atoms with Crippen LogP contribution in [0.3, 0.4) is 0 Å². The summed E-state index contributed by atoms with van der Waals surface area (Å²) in [6.45, 7) is 8.43. The molecular formula is C17H23N3O3S. The molecule has 2 aromatic rings. The number of nitrogens with zero attached hydrogens (tertiary/aromatic N) is 2. The molecule has 6 nitrogen and oxygen atoms in total. The molecule has 0 aromatic carbocycles. The van der Waals surface area contributed by atoms with Gasteiger partial charge in [-0.3, -0.25) is 9.69 Å². The summed E-state index contributed by atoms with van der Waals surface area (Å²) in [7, 11) is 0. The molecule has 3 heterocycles. The van der Waals surface area contributed by atoms with Crippen LogP contribution in [-0.4, -0.2) is 40.3 Å². The van der Waals surface area contributed by atoms with E-state index < -0.39 is 6.10 Å². The van der Waals surface area contributed by atoms with Crippen LogP contribution in [0, 0.1) is 13.8 Å². The summed E-state index contributed by atoms with van der Waals surface area (Å²) >= 11 is 1.64. The summed E-state index contributed by atoms with van der Waals surface area (Å²) < 4.78 is 5.24. The third kappa shape index (κ3) is 3.53. The third-order valence-corrected chi connectivity index (χ3v) is 5.41. The van der Waals surface area contributed by atoms with Crippen LogP contribution in [-0.2, 0) is 19.5 Å². The Morgan fingerprint density at radius 3 is 3.00 bits per heavy atom. The molecule has 7 heteroatoms. The second kappa shape index (κ2) is 7.04. The smallest absolute Gasteiger partial charge is 0.252 e. The fourth-order valence-corrected chi connectivity index (χ4v) is 4.11. The summed E-state index contributed by atoms with van der Waals surface area (Å²) in [4.78, 5) is 15.9. The van der Waals surface area contributed by atoms with Gasteiger partial charge in [0.15, 0.2) is 0 Å². The Bertz CT molecular complexity index is 716. The summed E-state index contributed by atoms with van der Waals surface area (Å²) in [6.07, 6.45) is 0.327. The van der Waals surface area contributed by atoms with Crippen LogP contribution < -0.4 is 5.32 Å². The van der Waals surface area contributed by atoms with E-state index in [0.29, 0.717) is 0 Å². The molecule has 0 radical (unpaired) electrons. The number of hydrogen-bond donors (Lipinski definition) is 2. The quantitative estimate of drug-likeness (QED) is 0.863. The Balaban J connectivity index is 1.68. The molecule has 1 aliphatic heterocycles. The minimum Gasteiger partial charge on any atom is -0.392 e. The largest absolute Gasteiger partial charge is 0.392 e. The number of carbonyl (C=O) groups excluding carboxylic acids is 1. The molecule has 2 N–H and O–H groups in total. The van der Waals surface area contributed by atoms with Crippen molar-refractivity contribution < 1.29 is 14.4 Å². The predicted molar refractivity (Wildman–Crippen MR) is 92.1 cm³/mol. The Hall–Kier alpha value is -1.70. The van der Waals surface area contributed by atoms with E-state index >= 15 is 0 Å². The van der Waals surface area contributed by atoms with E-state index in [9.17, 15) is 9.90 Å². The molecule has 0 bridgehead atoms. The van der Waals surface area contributed by atoms with Crippen molar-refractivity contribution in [2.75, 3.05) is 13.1 Å². The lowest BCUT2D eigenvalue weighted by molar-refractivity contribution is 0.0922. The molecule has 0 saturated heterocycles. The van der Waals surface area contributed by atoms with E-state index in [1.165, 1.54) is 4.88 Å². The molecule has 0 spiro atoms. The summed E-state index contributed by atoms with van der Waals surface area (Å²) in [6, 6.07) is 0. The second-order valence-electron chi connectivity index (χ2n) is 6.37. The first-order valence-corrected chi connectivity index (χ1v) is 9.03. The molecule has 1 aliphatic rings. The molecule has 0 fully saturated rings. The van der Waals surface area contributed by atoms with Gasteiger partial charge in [0, 0.05) is 42.0 Å². The maximum atomic E-state index is 12.3. The first kappa shape index (κ1) is 17.1. The Labute approximate surface area is 145 Å². The number of amides is 1. The fraction of sp³-hybridized carbons (Fsp3) is 0.529. The third-order valence-electron chi connectivity index (χ3n) is 4.39. The van der Waals surface area contributed by atoms with Crippen LogP contribution >= 0.6 is 11.3 Å². The van der Waals surface area contributed by atoms with Crippen molar-refractivity contribution in [1.82, 2.24) is 15.4 Å². The SMILES string of the molecule is Cc1noc(C)c1CN1CCc2c(C(=O)NCC(C)O)csc2C1. The number of aliphatic hydroxyl groups excluding tert-OH is 1. The standard InChI is InChI=1S/C17H23N3O3S/c1-10(21)6-18-17(22)15-9-24-16-8-20(5-4-13(15)16)7-14-11(2)19-23-12(14)3/h9-10,21H,4-8H2,1-3H3,(H,18,22). The van der Waals surface area contributed by atoms with Gasteiger partial charge in [-0.05, 0) is 32.8 Å². The topological polar surface area (TPSA) is 78.6 Å². The van der Waals surface area contributed by atoms with Crippen molar-refractivity contribution in [3.63, 3.8) is 0 Å². The number of carbonyl (C=O) groups is 1. The second-order valence-corrected chi connectivity index (χ2v) is 7.34. The number of nitrogens with one attached hydrogen (secondary N) is 1. The van der Waals surface area contributed by atoms with Crippen LogP contribution in [0.4, 0.5) is 0 Å². The van der Waals surface area contributed by atoms with Gasteiger partial charge in [-0.1, -0.05) is 5.16 Å². The van der Waals surface area contributed by atoms with Gasteiger partial charge in [0.2, 0.25) is 0 Å². The highest BCUT2D eigenvalue weighted by Gasteiger charge is 2.25. The zero-order valence-electron chi connectivity index (χ0n) is 14.3. The lowest BCUT2D eigenvalue weighted by Gasteiger charge is -2.27. The van der Waals surface area contributed by atoms with E-state index in [1.807, 2.05) is 19.2 Å². The van der Waals surface area contributed by atoms with Crippen LogP contribution in [0.1, 0.15) is 44.7 Å². The number of aryl methyl sites for hydroxylation is 2. The molecule has 1 atom stereocenters. The lowest BCUT2D eigenvalue weighted by atomic mass is 10.0. The number of rotatable bonds is 5. The van der Waals surface area contributed by atoms with Crippen molar-refractivity contribution >= 4 is 17.2 Å². The van der Waals surface area contributed by atoms with Gasteiger partial charge < -0.3 is 14.9 Å². The minimum absolute atomic E-state index is 0.0902. The lowest BCUT2D eigenvalue weighted by Crippen LogP contribution is -2.33. The van der Waals surface area contributed by atoms with E-state index in [4.69, 9.17) is 4.52 Å². The van der Waals surface area contributed by atoms with Gasteiger partial charge in [-0.15, -0.1) is 11.3 Å². The van der Waals surface area contributed by atoms with Crippen molar-refractivity contribution in [3.8, 4) is 0 Å². The van der Waals surface area contributed by atoms with Crippen LogP contribution in [0.15, 0.2) is 9.90 Å². The Morgan fingerprint density at radius 1 is 1.54 bits per heavy atom. The number of hydrogen-bond acceptors (Lipinski definition) is 6. The maximum absolute atomic E-state index is 12.3. The van der Waals surface area contributed by atoms with Gasteiger partial charge in [-0.25, -0.2) is 0 Å². The van der Waals surface area contributed by atoms with E-state index in [1.54, 1.807) is 18.3 Å². The van der Waals surface area contributed by atoms with E-state index in [2.05, 4.69) is 15.4 Å². The van der Waals surface area contributed by atoms with Crippen molar-refractivity contribution in [1.29, 1.82) is 0 Å². The van der Waals surface area contributed by atoms with Gasteiger partial charge in [0.05, 0.1) is 17.4 Å². The number of aromatic nitrogens is 1. The van der Waals surface area contributed by atoms with Crippen molar-refractivity contribution in [3.05, 3.63) is 38.4 Å². The zero-order chi connectivity index (χ0) is 17.3. The molecule has 0 saturated carbocycles. The maximum Gasteiger partial charge on any atom is 0.252 e. The molecule has 130 valence electrons. The Morgan fingerprint density at radius 2 is 2.33 bits per heavy atom. The molecule has 1 amide bonds. The fourth-order valence-electron chi connectivity index (χ4n) is 2.99.